The predicted octanol–water partition coefficient (Wildman–Crippen LogP) is 6.32. The summed E-state index contributed by atoms with van der Waals surface area (Å²) in [5.41, 5.74) is 3.73. The molecule has 0 heterocycles. The zero-order valence-corrected chi connectivity index (χ0v) is 26.8. The number of nitrogens with zero attached hydrogens (tertiary/aromatic N) is 2. The van der Waals surface area contributed by atoms with Crippen LogP contribution in [-0.4, -0.2) is 44.3 Å². The van der Waals surface area contributed by atoms with Gasteiger partial charge in [-0.2, -0.15) is 0 Å². The Balaban J connectivity index is 1.81. The third-order valence-corrected chi connectivity index (χ3v) is 9.23. The van der Waals surface area contributed by atoms with Crippen LogP contribution in [0.15, 0.2) is 108 Å². The van der Waals surface area contributed by atoms with Crippen LogP contribution in [0.25, 0.3) is 0 Å². The molecule has 0 aliphatic heterocycles. The van der Waals surface area contributed by atoms with Crippen LogP contribution in [0.2, 0.25) is 5.02 Å². The van der Waals surface area contributed by atoms with Gasteiger partial charge in [-0.15, -0.1) is 0 Å². The molecule has 0 spiro atoms. The summed E-state index contributed by atoms with van der Waals surface area (Å²) >= 11 is 6.14. The number of rotatable bonds is 13. The van der Waals surface area contributed by atoms with E-state index in [4.69, 9.17) is 11.6 Å². The highest BCUT2D eigenvalue weighted by atomic mass is 35.5. The standard InChI is InChI=1S/C35H38ClN3O4S/c1-4-19-37-35(41)33(23-28-11-7-5-8-12-28)38(24-29-15-17-30(36)18-16-29)34(40)25-39(31-21-26(2)20-27(3)22-31)44(42,43)32-13-9-6-10-14-32/h5-18,20-22,33H,4,19,23-25H2,1-3H3,(H,37,41)/t33-/m1/s1. The first-order chi connectivity index (χ1) is 21.1. The Morgan fingerprint density at radius 2 is 1.41 bits per heavy atom. The second kappa shape index (κ2) is 15.0. The number of benzene rings is 4. The zero-order valence-electron chi connectivity index (χ0n) is 25.2. The lowest BCUT2D eigenvalue weighted by Gasteiger charge is -2.34. The average molecular weight is 632 g/mol. The maximum Gasteiger partial charge on any atom is 0.264 e. The Morgan fingerprint density at radius 1 is 0.818 bits per heavy atom. The summed E-state index contributed by atoms with van der Waals surface area (Å²) in [6.45, 7) is 5.75. The van der Waals surface area contributed by atoms with Crippen molar-refractivity contribution in [2.75, 3.05) is 17.4 Å². The van der Waals surface area contributed by atoms with E-state index in [1.54, 1.807) is 54.6 Å². The Bertz CT molecular complexity index is 1640. The van der Waals surface area contributed by atoms with Crippen LogP contribution in [-0.2, 0) is 32.6 Å². The van der Waals surface area contributed by atoms with Gasteiger partial charge in [-0.3, -0.25) is 13.9 Å². The first-order valence-corrected chi connectivity index (χ1v) is 16.4. The van der Waals surface area contributed by atoms with Crippen molar-refractivity contribution < 1.29 is 18.0 Å². The molecule has 1 N–H and O–H groups in total. The molecule has 44 heavy (non-hydrogen) atoms. The van der Waals surface area contributed by atoms with E-state index >= 15 is 0 Å². The number of carbonyl (C=O) groups is 2. The summed E-state index contributed by atoms with van der Waals surface area (Å²) in [4.78, 5) is 29.7. The Hall–Kier alpha value is -4.14. The lowest BCUT2D eigenvalue weighted by atomic mass is 10.0. The molecule has 4 rings (SSSR count). The van der Waals surface area contributed by atoms with E-state index in [9.17, 15) is 18.0 Å². The van der Waals surface area contributed by atoms with Gasteiger partial charge < -0.3 is 10.2 Å². The lowest BCUT2D eigenvalue weighted by Crippen LogP contribution is -2.53. The Labute approximate surface area is 265 Å². The van der Waals surface area contributed by atoms with Gasteiger partial charge in [0, 0.05) is 24.5 Å². The van der Waals surface area contributed by atoms with E-state index in [0.29, 0.717) is 17.3 Å². The number of aryl methyl sites for hydroxylation is 2. The fourth-order valence-corrected chi connectivity index (χ4v) is 6.59. The van der Waals surface area contributed by atoms with Crippen molar-refractivity contribution in [1.82, 2.24) is 10.2 Å². The molecular formula is C35H38ClN3O4S. The minimum Gasteiger partial charge on any atom is -0.354 e. The average Bonchev–Trinajstić information content (AvgIpc) is 3.01. The minimum atomic E-state index is -4.15. The van der Waals surface area contributed by atoms with Gasteiger partial charge in [-0.1, -0.05) is 85.3 Å². The van der Waals surface area contributed by atoms with Gasteiger partial charge in [0.05, 0.1) is 10.6 Å². The number of nitrogens with one attached hydrogen (secondary N) is 1. The smallest absolute Gasteiger partial charge is 0.264 e. The van der Waals surface area contributed by atoms with Crippen molar-refractivity contribution in [2.45, 2.75) is 51.1 Å². The highest BCUT2D eigenvalue weighted by Crippen LogP contribution is 2.27. The number of amides is 2. The van der Waals surface area contributed by atoms with E-state index in [-0.39, 0.29) is 23.8 Å². The lowest BCUT2D eigenvalue weighted by molar-refractivity contribution is -0.140. The summed E-state index contributed by atoms with van der Waals surface area (Å²) in [6, 6.07) is 29.1. The molecule has 2 amide bonds. The number of halogens is 1. The van der Waals surface area contributed by atoms with Gasteiger partial charge in [-0.05, 0) is 78.9 Å². The van der Waals surface area contributed by atoms with Crippen molar-refractivity contribution in [3.63, 3.8) is 0 Å². The van der Waals surface area contributed by atoms with E-state index in [1.165, 1.54) is 17.0 Å². The van der Waals surface area contributed by atoms with Crippen LogP contribution >= 0.6 is 11.6 Å². The van der Waals surface area contributed by atoms with Crippen molar-refractivity contribution in [2.24, 2.45) is 0 Å². The Morgan fingerprint density at radius 3 is 2.00 bits per heavy atom. The summed E-state index contributed by atoms with van der Waals surface area (Å²) in [5, 5.41) is 3.50. The highest BCUT2D eigenvalue weighted by Gasteiger charge is 2.34. The molecule has 0 saturated heterocycles. The monoisotopic (exact) mass is 631 g/mol. The molecule has 1 atom stereocenters. The van der Waals surface area contributed by atoms with Crippen molar-refractivity contribution in [1.29, 1.82) is 0 Å². The molecule has 0 radical (unpaired) electrons. The fourth-order valence-electron chi connectivity index (χ4n) is 5.05. The molecule has 7 nitrogen and oxygen atoms in total. The zero-order chi connectivity index (χ0) is 31.7. The van der Waals surface area contributed by atoms with Gasteiger partial charge >= 0.3 is 0 Å². The number of sulfonamides is 1. The van der Waals surface area contributed by atoms with Crippen LogP contribution < -0.4 is 9.62 Å². The van der Waals surface area contributed by atoms with Crippen LogP contribution in [0, 0.1) is 13.8 Å². The minimum absolute atomic E-state index is 0.0673. The molecule has 0 fully saturated rings. The maximum atomic E-state index is 14.5. The first kappa shape index (κ1) is 32.8. The number of anilines is 1. The van der Waals surface area contributed by atoms with Gasteiger partial charge in [-0.25, -0.2) is 8.42 Å². The normalized spacial score (nSPS) is 11.9. The molecule has 0 saturated carbocycles. The quantitative estimate of drug-likeness (QED) is 0.187. The van der Waals surface area contributed by atoms with E-state index in [2.05, 4.69) is 5.32 Å². The third kappa shape index (κ3) is 8.49. The van der Waals surface area contributed by atoms with Gasteiger partial charge in [0.1, 0.15) is 12.6 Å². The van der Waals surface area contributed by atoms with Crippen molar-refractivity contribution in [3.8, 4) is 0 Å². The number of carbonyl (C=O) groups excluding carboxylic acids is 2. The largest absolute Gasteiger partial charge is 0.354 e. The van der Waals surface area contributed by atoms with Crippen LogP contribution in [0.1, 0.15) is 35.6 Å². The molecule has 9 heteroatoms. The highest BCUT2D eigenvalue weighted by molar-refractivity contribution is 7.92. The van der Waals surface area contributed by atoms with Crippen LogP contribution in [0.4, 0.5) is 5.69 Å². The van der Waals surface area contributed by atoms with Gasteiger partial charge in [0.25, 0.3) is 10.0 Å². The molecule has 0 unspecified atom stereocenters. The summed E-state index contributed by atoms with van der Waals surface area (Å²) in [7, 11) is -4.15. The summed E-state index contributed by atoms with van der Waals surface area (Å²) < 4.78 is 29.4. The van der Waals surface area contributed by atoms with Gasteiger partial charge in [0.15, 0.2) is 0 Å². The molecule has 4 aromatic rings. The maximum absolute atomic E-state index is 14.5. The number of hydrogen-bond acceptors (Lipinski definition) is 4. The van der Waals surface area contributed by atoms with E-state index < -0.39 is 28.5 Å². The molecule has 0 bridgehead atoms. The summed E-state index contributed by atoms with van der Waals surface area (Å²) in [6.07, 6.45) is 0.982. The molecular weight excluding hydrogens is 594 g/mol. The molecule has 0 aromatic heterocycles. The van der Waals surface area contributed by atoms with Crippen molar-refractivity contribution in [3.05, 3.63) is 130 Å². The molecule has 230 valence electrons. The second-order valence-corrected chi connectivity index (χ2v) is 13.1. The third-order valence-electron chi connectivity index (χ3n) is 7.19. The predicted molar refractivity (Wildman–Crippen MR) is 176 cm³/mol. The van der Waals surface area contributed by atoms with E-state index in [0.717, 1.165) is 33.0 Å². The van der Waals surface area contributed by atoms with E-state index in [1.807, 2.05) is 57.2 Å². The number of hydrogen-bond donors (Lipinski definition) is 1. The second-order valence-electron chi connectivity index (χ2n) is 10.8. The summed E-state index contributed by atoms with van der Waals surface area (Å²) in [5.74, 6) is -0.812. The topological polar surface area (TPSA) is 86.8 Å². The van der Waals surface area contributed by atoms with Crippen LogP contribution in [0.5, 0.6) is 0 Å². The first-order valence-electron chi connectivity index (χ1n) is 14.6. The van der Waals surface area contributed by atoms with Gasteiger partial charge in [0.2, 0.25) is 11.8 Å². The molecule has 0 aliphatic carbocycles. The SMILES string of the molecule is CCCNC(=O)[C@@H](Cc1ccccc1)N(Cc1ccc(Cl)cc1)C(=O)CN(c1cc(C)cc(C)c1)S(=O)(=O)c1ccccc1. The van der Waals surface area contributed by atoms with Crippen LogP contribution in [0.3, 0.4) is 0 Å². The molecule has 0 aliphatic rings. The molecule has 4 aromatic carbocycles. The Kier molecular flexibility index (Phi) is 11.2. The fraction of sp³-hybridized carbons (Fsp3) is 0.257. The van der Waals surface area contributed by atoms with Crippen molar-refractivity contribution >= 4 is 39.1 Å².